The molecular weight excluding hydrogens is 276 g/mol. The highest BCUT2D eigenvalue weighted by Gasteiger charge is 2.42. The highest BCUT2D eigenvalue weighted by atomic mass is 19.1. The van der Waals surface area contributed by atoms with Crippen molar-refractivity contribution in [3.8, 4) is 0 Å². The molecule has 1 N–H and O–H groups in total. The minimum Gasteiger partial charge on any atom is -0.381 e. The molecule has 0 saturated carbocycles. The molecule has 1 aromatic rings. The predicted molar refractivity (Wildman–Crippen MR) is 77.2 cm³/mol. The van der Waals surface area contributed by atoms with Gasteiger partial charge < -0.3 is 14.8 Å². The minimum absolute atomic E-state index is 0.326. The SMILES string of the molecule is CCCNC(c1cc(F)ccc1F)C1(OC)CCOCC1. The van der Waals surface area contributed by atoms with Crippen LogP contribution in [0.25, 0.3) is 0 Å². The molecule has 0 radical (unpaired) electrons. The lowest BCUT2D eigenvalue weighted by Gasteiger charge is -2.43. The van der Waals surface area contributed by atoms with Crippen molar-refractivity contribution in [3.63, 3.8) is 0 Å². The second kappa shape index (κ2) is 7.29. The zero-order chi connectivity index (χ0) is 15.3. The number of ether oxygens (including phenoxy) is 2. The van der Waals surface area contributed by atoms with Gasteiger partial charge >= 0.3 is 0 Å². The van der Waals surface area contributed by atoms with E-state index in [-0.39, 0.29) is 6.04 Å². The van der Waals surface area contributed by atoms with Crippen LogP contribution in [0.1, 0.15) is 37.8 Å². The molecule has 0 amide bonds. The lowest BCUT2D eigenvalue weighted by atomic mass is 9.81. The number of rotatable bonds is 6. The first-order chi connectivity index (χ1) is 10.1. The predicted octanol–water partition coefficient (Wildman–Crippen LogP) is 3.20. The quantitative estimate of drug-likeness (QED) is 0.875. The van der Waals surface area contributed by atoms with E-state index in [0.717, 1.165) is 12.5 Å². The van der Waals surface area contributed by atoms with Crippen LogP contribution in [0.3, 0.4) is 0 Å². The molecule has 21 heavy (non-hydrogen) atoms. The van der Waals surface area contributed by atoms with Gasteiger partial charge in [0.2, 0.25) is 0 Å². The largest absolute Gasteiger partial charge is 0.381 e. The first-order valence-corrected chi connectivity index (χ1v) is 7.44. The van der Waals surface area contributed by atoms with E-state index in [9.17, 15) is 8.78 Å². The average Bonchev–Trinajstić information content (AvgIpc) is 2.51. The summed E-state index contributed by atoms with van der Waals surface area (Å²) in [5.41, 5.74) is -0.241. The number of methoxy groups -OCH3 is 1. The molecule has 5 heteroatoms. The lowest BCUT2D eigenvalue weighted by molar-refractivity contribution is -0.112. The zero-order valence-electron chi connectivity index (χ0n) is 12.6. The molecule has 1 saturated heterocycles. The van der Waals surface area contributed by atoms with E-state index in [1.807, 2.05) is 6.92 Å². The molecule has 3 nitrogen and oxygen atoms in total. The van der Waals surface area contributed by atoms with Crippen molar-refractivity contribution in [1.82, 2.24) is 5.32 Å². The molecule has 0 aliphatic carbocycles. The van der Waals surface area contributed by atoms with Gasteiger partial charge in [-0.25, -0.2) is 8.78 Å². The number of hydrogen-bond acceptors (Lipinski definition) is 3. The summed E-state index contributed by atoms with van der Waals surface area (Å²) < 4.78 is 38.9. The van der Waals surface area contributed by atoms with Gasteiger partial charge in [-0.1, -0.05) is 6.92 Å². The maximum atomic E-state index is 14.2. The van der Waals surface area contributed by atoms with Gasteiger partial charge in [0, 0.05) is 38.7 Å². The Morgan fingerprint density at radius 3 is 2.67 bits per heavy atom. The molecule has 0 bridgehead atoms. The van der Waals surface area contributed by atoms with Crippen LogP contribution in [0, 0.1) is 11.6 Å². The third kappa shape index (κ3) is 3.59. The van der Waals surface area contributed by atoms with E-state index in [2.05, 4.69) is 5.32 Å². The van der Waals surface area contributed by atoms with Crippen LogP contribution in [-0.2, 0) is 9.47 Å². The second-order valence-corrected chi connectivity index (χ2v) is 5.43. The van der Waals surface area contributed by atoms with E-state index >= 15 is 0 Å². The standard InChI is InChI=1S/C16H23F2NO2/c1-3-8-19-15(13-11-12(17)4-5-14(13)18)16(20-2)6-9-21-10-7-16/h4-5,11,15,19H,3,6-10H2,1-2H3. The van der Waals surface area contributed by atoms with E-state index in [4.69, 9.17) is 9.47 Å². The second-order valence-electron chi connectivity index (χ2n) is 5.43. The smallest absolute Gasteiger partial charge is 0.128 e. The fraction of sp³-hybridized carbons (Fsp3) is 0.625. The van der Waals surface area contributed by atoms with Gasteiger partial charge in [-0.05, 0) is 31.2 Å². The molecule has 1 atom stereocenters. The summed E-state index contributed by atoms with van der Waals surface area (Å²) in [7, 11) is 1.63. The van der Waals surface area contributed by atoms with Crippen LogP contribution in [-0.4, -0.2) is 32.5 Å². The third-order valence-electron chi connectivity index (χ3n) is 4.14. The van der Waals surface area contributed by atoms with Crippen molar-refractivity contribution in [1.29, 1.82) is 0 Å². The summed E-state index contributed by atoms with van der Waals surface area (Å²) in [4.78, 5) is 0. The van der Waals surface area contributed by atoms with Gasteiger partial charge in [0.25, 0.3) is 0 Å². The van der Waals surface area contributed by atoms with Crippen LogP contribution < -0.4 is 5.32 Å². The Kier molecular flexibility index (Phi) is 5.67. The van der Waals surface area contributed by atoms with Crippen molar-refractivity contribution in [3.05, 3.63) is 35.4 Å². The highest BCUT2D eigenvalue weighted by molar-refractivity contribution is 5.26. The van der Waals surface area contributed by atoms with Gasteiger partial charge in [-0.2, -0.15) is 0 Å². The Morgan fingerprint density at radius 1 is 1.33 bits per heavy atom. The summed E-state index contributed by atoms with van der Waals surface area (Å²) in [5, 5.41) is 3.33. The minimum atomic E-state index is -0.567. The van der Waals surface area contributed by atoms with Crippen LogP contribution in [0.2, 0.25) is 0 Å². The van der Waals surface area contributed by atoms with E-state index in [0.29, 0.717) is 38.2 Å². The highest BCUT2D eigenvalue weighted by Crippen LogP contribution is 2.38. The lowest BCUT2D eigenvalue weighted by Crippen LogP contribution is -2.49. The molecule has 1 aromatic carbocycles. The normalized spacial score (nSPS) is 19.4. The molecule has 2 rings (SSSR count). The van der Waals surface area contributed by atoms with Crippen LogP contribution in [0.5, 0.6) is 0 Å². The number of nitrogens with one attached hydrogen (secondary N) is 1. The van der Waals surface area contributed by atoms with Crippen molar-refractivity contribution in [2.24, 2.45) is 0 Å². The molecular formula is C16H23F2NO2. The van der Waals surface area contributed by atoms with Crippen LogP contribution >= 0.6 is 0 Å². The molecule has 1 fully saturated rings. The summed E-state index contributed by atoms with van der Waals surface area (Å²) in [5.74, 6) is -0.846. The number of hydrogen-bond donors (Lipinski definition) is 1. The van der Waals surface area contributed by atoms with Crippen LogP contribution in [0.4, 0.5) is 8.78 Å². The Hall–Kier alpha value is -1.04. The van der Waals surface area contributed by atoms with E-state index < -0.39 is 17.2 Å². The summed E-state index contributed by atoms with van der Waals surface area (Å²) in [6.07, 6.45) is 2.21. The van der Waals surface area contributed by atoms with Crippen LogP contribution in [0.15, 0.2) is 18.2 Å². The molecule has 1 unspecified atom stereocenters. The van der Waals surface area contributed by atoms with Crippen molar-refractivity contribution < 1.29 is 18.3 Å². The van der Waals surface area contributed by atoms with Gasteiger partial charge in [-0.15, -0.1) is 0 Å². The summed E-state index contributed by atoms with van der Waals surface area (Å²) in [6.45, 7) is 3.88. The number of halogens is 2. The average molecular weight is 299 g/mol. The van der Waals surface area contributed by atoms with E-state index in [1.54, 1.807) is 7.11 Å². The summed E-state index contributed by atoms with van der Waals surface area (Å²) >= 11 is 0. The zero-order valence-corrected chi connectivity index (χ0v) is 12.6. The van der Waals surface area contributed by atoms with E-state index in [1.165, 1.54) is 12.1 Å². The van der Waals surface area contributed by atoms with Gasteiger partial charge in [0.1, 0.15) is 11.6 Å². The maximum absolute atomic E-state index is 14.2. The van der Waals surface area contributed by atoms with Crippen molar-refractivity contribution in [2.75, 3.05) is 26.9 Å². The number of benzene rings is 1. The Bertz CT molecular complexity index is 462. The molecule has 0 aromatic heterocycles. The Balaban J connectivity index is 2.38. The first-order valence-electron chi connectivity index (χ1n) is 7.44. The molecule has 1 heterocycles. The molecule has 118 valence electrons. The summed E-state index contributed by atoms with van der Waals surface area (Å²) in [6, 6.07) is 3.19. The molecule has 1 aliphatic heterocycles. The van der Waals surface area contributed by atoms with Crippen molar-refractivity contribution in [2.45, 2.75) is 37.8 Å². The van der Waals surface area contributed by atoms with Gasteiger partial charge in [-0.3, -0.25) is 0 Å². The maximum Gasteiger partial charge on any atom is 0.128 e. The van der Waals surface area contributed by atoms with Crippen molar-refractivity contribution >= 4 is 0 Å². The van der Waals surface area contributed by atoms with Gasteiger partial charge in [0.15, 0.2) is 0 Å². The monoisotopic (exact) mass is 299 g/mol. The first kappa shape index (κ1) is 16.3. The fourth-order valence-electron chi connectivity index (χ4n) is 2.93. The topological polar surface area (TPSA) is 30.5 Å². The molecule has 0 spiro atoms. The third-order valence-corrected chi connectivity index (χ3v) is 4.14. The molecule has 1 aliphatic rings. The Labute approximate surface area is 124 Å². The Morgan fingerprint density at radius 2 is 2.05 bits per heavy atom. The fourth-order valence-corrected chi connectivity index (χ4v) is 2.93. The van der Waals surface area contributed by atoms with Gasteiger partial charge in [0.05, 0.1) is 11.6 Å².